The minimum absolute atomic E-state index is 0.0334. The lowest BCUT2D eigenvalue weighted by molar-refractivity contribution is -0.385. The van der Waals surface area contributed by atoms with E-state index in [1.807, 2.05) is 0 Å². The summed E-state index contributed by atoms with van der Waals surface area (Å²) in [4.78, 5) is 50.9. The molecule has 15 nitrogen and oxygen atoms in total. The fraction of sp³-hybridized carbons (Fsp3) is 0.517. The highest BCUT2D eigenvalue weighted by molar-refractivity contribution is 6.71. The van der Waals surface area contributed by atoms with Gasteiger partial charge in [-0.1, -0.05) is 19.1 Å². The molecule has 2 aromatic rings. The van der Waals surface area contributed by atoms with Gasteiger partial charge in [0.2, 0.25) is 0 Å². The van der Waals surface area contributed by atoms with E-state index in [0.29, 0.717) is 16.8 Å². The molecule has 0 aromatic heterocycles. The molecule has 0 aliphatic carbocycles. The lowest BCUT2D eigenvalue weighted by Crippen LogP contribution is -2.60. The van der Waals surface area contributed by atoms with Gasteiger partial charge in [-0.3, -0.25) is 19.7 Å². The van der Waals surface area contributed by atoms with E-state index in [0.717, 1.165) is 0 Å². The molecule has 3 aliphatic heterocycles. The number of benzene rings is 2. The molecule has 45 heavy (non-hydrogen) atoms. The minimum atomic E-state index is -2.95. The number of non-ortho nitro benzene ring substituents is 1. The Labute approximate surface area is 258 Å². The summed E-state index contributed by atoms with van der Waals surface area (Å²) in [6.07, 6.45) is -9.37. The SMILES string of the molecule is C[C@@H]1[C@@H]([Si](C)(C)O)[C@H](CCO)O[C@@]12C(=O)N(Cc1ccc(NC(=O)[C@H]3O[C@@H](O)[C@H](O)[C@@H](O)[C@@H]3O)cc1)c1ccc([N+](=O)[O-])cc12. The van der Waals surface area contributed by atoms with Gasteiger partial charge in [0.25, 0.3) is 17.5 Å². The minimum Gasteiger partial charge on any atom is -0.432 e. The summed E-state index contributed by atoms with van der Waals surface area (Å²) in [6.45, 7) is 5.07. The van der Waals surface area contributed by atoms with Crippen molar-refractivity contribution in [1.82, 2.24) is 0 Å². The highest BCUT2D eigenvalue weighted by atomic mass is 28.4. The molecule has 0 unspecified atom stereocenters. The van der Waals surface area contributed by atoms with E-state index in [-0.39, 0.29) is 30.9 Å². The van der Waals surface area contributed by atoms with E-state index in [2.05, 4.69) is 5.32 Å². The second kappa shape index (κ2) is 12.1. The summed E-state index contributed by atoms with van der Waals surface area (Å²) in [5.74, 6) is -1.89. The Morgan fingerprint density at radius 2 is 1.76 bits per heavy atom. The third-order valence-electron chi connectivity index (χ3n) is 9.00. The van der Waals surface area contributed by atoms with E-state index in [1.165, 1.54) is 35.2 Å². The topological polar surface area (TPSA) is 232 Å². The van der Waals surface area contributed by atoms with Crippen LogP contribution in [-0.2, 0) is 31.2 Å². The van der Waals surface area contributed by atoms with Gasteiger partial charge in [-0.15, -0.1) is 0 Å². The third-order valence-corrected chi connectivity index (χ3v) is 11.5. The Bertz CT molecular complexity index is 1470. The molecule has 244 valence electrons. The van der Waals surface area contributed by atoms with Crippen molar-refractivity contribution >= 4 is 37.2 Å². The third kappa shape index (κ3) is 5.66. The lowest BCUT2D eigenvalue weighted by Gasteiger charge is -2.37. The lowest BCUT2D eigenvalue weighted by atomic mass is 9.82. The Hall–Kier alpha value is -3.32. The van der Waals surface area contributed by atoms with Crippen LogP contribution in [0.3, 0.4) is 0 Å². The predicted octanol–water partition coefficient (Wildman–Crippen LogP) is 0.0602. The number of nitro groups is 1. The van der Waals surface area contributed by atoms with Crippen molar-refractivity contribution in [3.63, 3.8) is 0 Å². The molecule has 9 atom stereocenters. The zero-order valence-corrected chi connectivity index (χ0v) is 25.8. The van der Waals surface area contributed by atoms with E-state index >= 15 is 0 Å². The number of nitrogens with one attached hydrogen (secondary N) is 1. The van der Waals surface area contributed by atoms with Crippen molar-refractivity contribution < 1.29 is 54.3 Å². The first-order valence-electron chi connectivity index (χ1n) is 14.5. The van der Waals surface area contributed by atoms with Gasteiger partial charge < -0.3 is 50.0 Å². The number of nitrogens with zero attached hydrogens (tertiary/aromatic N) is 2. The van der Waals surface area contributed by atoms with Gasteiger partial charge in [-0.2, -0.15) is 0 Å². The van der Waals surface area contributed by atoms with Gasteiger partial charge in [0, 0.05) is 41.4 Å². The smallest absolute Gasteiger partial charge is 0.269 e. The van der Waals surface area contributed by atoms with Gasteiger partial charge in [-0.25, -0.2) is 0 Å². The van der Waals surface area contributed by atoms with Crippen LogP contribution in [0.1, 0.15) is 24.5 Å². The van der Waals surface area contributed by atoms with Gasteiger partial charge in [0.15, 0.2) is 26.3 Å². The molecule has 3 heterocycles. The maximum absolute atomic E-state index is 14.3. The number of hydrogen-bond donors (Lipinski definition) is 7. The molecule has 2 fully saturated rings. The summed E-state index contributed by atoms with van der Waals surface area (Å²) < 4.78 is 11.4. The zero-order chi connectivity index (χ0) is 33.0. The molecule has 5 rings (SSSR count). The highest BCUT2D eigenvalue weighted by Crippen LogP contribution is 2.60. The molecule has 3 aliphatic rings. The van der Waals surface area contributed by atoms with Crippen LogP contribution in [0, 0.1) is 16.0 Å². The Balaban J connectivity index is 1.41. The van der Waals surface area contributed by atoms with Crippen molar-refractivity contribution in [2.24, 2.45) is 5.92 Å². The van der Waals surface area contributed by atoms with Gasteiger partial charge in [0.05, 0.1) is 23.3 Å². The Morgan fingerprint density at radius 3 is 2.36 bits per heavy atom. The highest BCUT2D eigenvalue weighted by Gasteiger charge is 2.66. The molecular formula is C29H37N3O12Si. The van der Waals surface area contributed by atoms with Crippen molar-refractivity contribution in [2.45, 2.75) is 80.9 Å². The number of amides is 2. The number of fused-ring (bicyclic) bond motifs is 2. The van der Waals surface area contributed by atoms with Crippen molar-refractivity contribution in [1.29, 1.82) is 0 Å². The summed E-state index contributed by atoms with van der Waals surface area (Å²) >= 11 is 0. The van der Waals surface area contributed by atoms with Crippen molar-refractivity contribution in [2.75, 3.05) is 16.8 Å². The van der Waals surface area contributed by atoms with Gasteiger partial charge in [0.1, 0.15) is 18.3 Å². The first-order valence-corrected chi connectivity index (χ1v) is 17.5. The Morgan fingerprint density at radius 1 is 1.09 bits per heavy atom. The molecular weight excluding hydrogens is 610 g/mol. The number of ether oxygens (including phenoxy) is 2. The molecule has 0 saturated carbocycles. The molecule has 2 amide bonds. The maximum Gasteiger partial charge on any atom is 0.269 e. The average Bonchev–Trinajstić information content (AvgIpc) is 3.41. The number of carbonyl (C=O) groups is 2. The number of aliphatic hydroxyl groups excluding tert-OH is 5. The Kier molecular flexibility index (Phi) is 8.90. The molecule has 2 aromatic carbocycles. The van der Waals surface area contributed by atoms with Crippen LogP contribution >= 0.6 is 0 Å². The van der Waals surface area contributed by atoms with Crippen LogP contribution in [0.15, 0.2) is 42.5 Å². The average molecular weight is 648 g/mol. The number of carbonyl (C=O) groups excluding carboxylic acids is 2. The molecule has 2 saturated heterocycles. The number of aliphatic hydroxyl groups is 5. The normalized spacial score (nSPS) is 33.0. The van der Waals surface area contributed by atoms with Crippen LogP contribution in [0.4, 0.5) is 17.1 Å². The van der Waals surface area contributed by atoms with E-state index < -0.39 is 78.9 Å². The number of rotatable bonds is 8. The molecule has 7 N–H and O–H groups in total. The zero-order valence-electron chi connectivity index (χ0n) is 24.8. The summed E-state index contributed by atoms with van der Waals surface area (Å²) in [6, 6.07) is 10.4. The molecule has 0 radical (unpaired) electrons. The second-order valence-electron chi connectivity index (χ2n) is 12.3. The standard InChI is InChI=1S/C29H37N3O12Si/c1-14-25(45(2,3)42)20(10-11-33)44-29(14)18-12-17(32(40)41)8-9-19(18)31(28(29)39)13-15-4-6-16(7-5-15)30-26(37)24-22(35)21(34)23(36)27(38)43-24/h4-9,12,14,20-25,27,33-36,38,42H,10-11,13H2,1-3H3,(H,30,37)/t14-,20+,21+,22+,23-,24+,25-,27-,29+/m1/s1. The maximum atomic E-state index is 14.3. The number of nitro benzene ring substituents is 1. The van der Waals surface area contributed by atoms with E-state index in [1.54, 1.807) is 32.2 Å². The van der Waals surface area contributed by atoms with Crippen LogP contribution in [0.25, 0.3) is 0 Å². The molecule has 0 bridgehead atoms. The van der Waals surface area contributed by atoms with E-state index in [4.69, 9.17) is 9.47 Å². The summed E-state index contributed by atoms with van der Waals surface area (Å²) in [5.41, 5.74) is -0.649. The largest absolute Gasteiger partial charge is 0.432 e. The molecule has 1 spiro atoms. The van der Waals surface area contributed by atoms with Crippen LogP contribution < -0.4 is 10.2 Å². The van der Waals surface area contributed by atoms with Crippen LogP contribution in [-0.4, -0.2) is 98.8 Å². The summed E-state index contributed by atoms with van der Waals surface area (Å²) in [5, 5.41) is 63.3. The first-order chi connectivity index (χ1) is 21.1. The van der Waals surface area contributed by atoms with E-state index in [9.17, 15) is 50.0 Å². The summed E-state index contributed by atoms with van der Waals surface area (Å²) in [7, 11) is -2.95. The van der Waals surface area contributed by atoms with Crippen LogP contribution in [0.2, 0.25) is 18.6 Å². The molecule has 16 heteroatoms. The quantitative estimate of drug-likeness (QED) is 0.115. The monoisotopic (exact) mass is 647 g/mol. The predicted molar refractivity (Wildman–Crippen MR) is 159 cm³/mol. The second-order valence-corrected chi connectivity index (χ2v) is 16.3. The fourth-order valence-electron chi connectivity index (χ4n) is 6.90. The van der Waals surface area contributed by atoms with Crippen LogP contribution in [0.5, 0.6) is 0 Å². The number of anilines is 2. The van der Waals surface area contributed by atoms with Gasteiger partial charge in [-0.05, 0) is 43.3 Å². The first kappa shape index (κ1) is 33.1. The van der Waals surface area contributed by atoms with Gasteiger partial charge >= 0.3 is 0 Å². The fourth-order valence-corrected chi connectivity index (χ4v) is 9.50. The number of hydrogen-bond acceptors (Lipinski definition) is 12. The van der Waals surface area contributed by atoms with Crippen molar-refractivity contribution in [3.8, 4) is 0 Å². The van der Waals surface area contributed by atoms with Crippen molar-refractivity contribution in [3.05, 3.63) is 63.7 Å².